The molecular weight excluding hydrogens is 189 g/mol. The molecule has 2 unspecified atom stereocenters. The topological polar surface area (TPSA) is 12.0 Å². The van der Waals surface area contributed by atoms with E-state index in [4.69, 9.17) is 0 Å². The van der Waals surface area contributed by atoms with E-state index in [0.717, 1.165) is 17.5 Å². The van der Waals surface area contributed by atoms with Gasteiger partial charge < -0.3 is 5.32 Å². The van der Waals surface area contributed by atoms with Crippen molar-refractivity contribution in [3.05, 3.63) is 35.1 Å². The van der Waals surface area contributed by atoms with Crippen LogP contribution in [0.25, 0.3) is 0 Å². The zero-order valence-electron chi connectivity index (χ0n) is 9.97. The normalized spacial score (nSPS) is 15.0. The third-order valence-corrected chi connectivity index (χ3v) is 3.08. The van der Waals surface area contributed by atoms with Crippen molar-refractivity contribution >= 4 is 0 Å². The fourth-order valence-corrected chi connectivity index (χ4v) is 1.89. The maximum atomic E-state index is 13.9. The highest BCUT2D eigenvalue weighted by atomic mass is 19.1. The van der Waals surface area contributed by atoms with Gasteiger partial charge >= 0.3 is 0 Å². The van der Waals surface area contributed by atoms with Gasteiger partial charge in [0, 0.05) is 11.6 Å². The highest BCUT2D eigenvalue weighted by Gasteiger charge is 2.19. The second kappa shape index (κ2) is 5.26. The summed E-state index contributed by atoms with van der Waals surface area (Å²) >= 11 is 0. The van der Waals surface area contributed by atoms with Crippen molar-refractivity contribution in [1.82, 2.24) is 5.32 Å². The third kappa shape index (κ3) is 2.57. The number of halogens is 1. The fourth-order valence-electron chi connectivity index (χ4n) is 1.89. The van der Waals surface area contributed by atoms with Crippen LogP contribution in [0.4, 0.5) is 4.39 Å². The van der Waals surface area contributed by atoms with Crippen molar-refractivity contribution in [3.63, 3.8) is 0 Å². The van der Waals surface area contributed by atoms with Gasteiger partial charge in [0.1, 0.15) is 5.82 Å². The van der Waals surface area contributed by atoms with Crippen LogP contribution in [0.5, 0.6) is 0 Å². The molecule has 0 aromatic heterocycles. The lowest BCUT2D eigenvalue weighted by Crippen LogP contribution is -2.24. The third-order valence-electron chi connectivity index (χ3n) is 3.08. The summed E-state index contributed by atoms with van der Waals surface area (Å²) in [4.78, 5) is 0. The Kier molecular flexibility index (Phi) is 4.28. The Hall–Kier alpha value is -0.890. The molecule has 2 heteroatoms. The zero-order chi connectivity index (χ0) is 11.4. The molecule has 1 rings (SSSR count). The first-order chi connectivity index (χ1) is 7.11. The number of benzene rings is 1. The molecule has 15 heavy (non-hydrogen) atoms. The Morgan fingerprint density at radius 2 is 2.07 bits per heavy atom. The van der Waals surface area contributed by atoms with Gasteiger partial charge in [-0.15, -0.1) is 0 Å². The first-order valence-electron chi connectivity index (χ1n) is 5.54. The van der Waals surface area contributed by atoms with Crippen LogP contribution in [0.3, 0.4) is 0 Å². The fraction of sp³-hybridized carbons (Fsp3) is 0.538. The SMILES string of the molecule is CCC(C)C(NC)c1cccc(C)c1F. The van der Waals surface area contributed by atoms with E-state index < -0.39 is 0 Å². The summed E-state index contributed by atoms with van der Waals surface area (Å²) in [5.41, 5.74) is 1.50. The Morgan fingerprint density at radius 1 is 1.40 bits per heavy atom. The number of nitrogens with one attached hydrogen (secondary N) is 1. The molecular formula is C13H20FN. The molecule has 0 saturated heterocycles. The highest BCUT2D eigenvalue weighted by Crippen LogP contribution is 2.27. The summed E-state index contributed by atoms with van der Waals surface area (Å²) in [6.45, 7) is 6.08. The number of hydrogen-bond donors (Lipinski definition) is 1. The predicted octanol–water partition coefficient (Wildman–Crippen LogP) is 3.44. The Labute approximate surface area is 91.7 Å². The van der Waals surface area contributed by atoms with Crippen LogP contribution >= 0.6 is 0 Å². The van der Waals surface area contributed by atoms with Crippen LogP contribution in [0, 0.1) is 18.7 Å². The molecule has 0 radical (unpaired) electrons. The molecule has 1 aromatic rings. The summed E-state index contributed by atoms with van der Waals surface area (Å²) in [5.74, 6) is 0.364. The van der Waals surface area contributed by atoms with Gasteiger partial charge in [-0.2, -0.15) is 0 Å². The van der Waals surface area contributed by atoms with Crippen LogP contribution in [-0.4, -0.2) is 7.05 Å². The molecule has 0 heterocycles. The lowest BCUT2D eigenvalue weighted by Gasteiger charge is -2.23. The van der Waals surface area contributed by atoms with Crippen molar-refractivity contribution < 1.29 is 4.39 Å². The van der Waals surface area contributed by atoms with E-state index in [1.54, 1.807) is 0 Å². The Bertz CT molecular complexity index is 322. The van der Waals surface area contributed by atoms with Crippen molar-refractivity contribution in [2.75, 3.05) is 7.05 Å². The smallest absolute Gasteiger partial charge is 0.130 e. The lowest BCUT2D eigenvalue weighted by atomic mass is 9.91. The predicted molar refractivity (Wildman–Crippen MR) is 62.4 cm³/mol. The molecule has 2 atom stereocenters. The van der Waals surface area contributed by atoms with Crippen molar-refractivity contribution in [2.24, 2.45) is 5.92 Å². The maximum absolute atomic E-state index is 13.9. The minimum atomic E-state index is -0.0721. The van der Waals surface area contributed by atoms with Crippen molar-refractivity contribution in [3.8, 4) is 0 Å². The van der Waals surface area contributed by atoms with E-state index in [9.17, 15) is 4.39 Å². The summed E-state index contributed by atoms with van der Waals surface area (Å²) in [6.07, 6.45) is 1.04. The van der Waals surface area contributed by atoms with Gasteiger partial charge in [0.25, 0.3) is 0 Å². The standard InChI is InChI=1S/C13H20FN/c1-5-9(2)13(15-4)11-8-6-7-10(3)12(11)14/h6-9,13,15H,5H2,1-4H3. The Morgan fingerprint density at radius 3 is 2.60 bits per heavy atom. The summed E-state index contributed by atoms with van der Waals surface area (Å²) in [7, 11) is 1.89. The molecule has 1 N–H and O–H groups in total. The minimum Gasteiger partial charge on any atom is -0.313 e. The monoisotopic (exact) mass is 209 g/mol. The van der Waals surface area contributed by atoms with E-state index in [1.807, 2.05) is 32.2 Å². The molecule has 0 spiro atoms. The molecule has 0 bridgehead atoms. The molecule has 0 aliphatic carbocycles. The van der Waals surface area contributed by atoms with Crippen LogP contribution in [0.15, 0.2) is 18.2 Å². The van der Waals surface area contributed by atoms with E-state index in [1.165, 1.54) is 0 Å². The first kappa shape index (κ1) is 12.2. The van der Waals surface area contributed by atoms with E-state index >= 15 is 0 Å². The van der Waals surface area contributed by atoms with E-state index in [-0.39, 0.29) is 11.9 Å². The molecule has 0 aliphatic rings. The van der Waals surface area contributed by atoms with E-state index in [2.05, 4.69) is 19.2 Å². The molecule has 84 valence electrons. The first-order valence-corrected chi connectivity index (χ1v) is 5.54. The number of hydrogen-bond acceptors (Lipinski definition) is 1. The van der Waals surface area contributed by atoms with Crippen LogP contribution in [0.1, 0.15) is 37.4 Å². The largest absolute Gasteiger partial charge is 0.313 e. The second-order valence-electron chi connectivity index (χ2n) is 4.13. The molecule has 0 saturated carbocycles. The molecule has 0 fully saturated rings. The second-order valence-corrected chi connectivity index (χ2v) is 4.13. The van der Waals surface area contributed by atoms with Crippen molar-refractivity contribution in [2.45, 2.75) is 33.2 Å². The minimum absolute atomic E-state index is 0.0721. The molecule has 0 aliphatic heterocycles. The zero-order valence-corrected chi connectivity index (χ0v) is 9.97. The van der Waals surface area contributed by atoms with Gasteiger partial charge in [0.2, 0.25) is 0 Å². The van der Waals surface area contributed by atoms with Crippen LogP contribution < -0.4 is 5.32 Å². The average molecular weight is 209 g/mol. The molecule has 1 nitrogen and oxygen atoms in total. The lowest BCUT2D eigenvalue weighted by molar-refractivity contribution is 0.386. The molecule has 1 aromatic carbocycles. The quantitative estimate of drug-likeness (QED) is 0.801. The summed E-state index contributed by atoms with van der Waals surface area (Å²) in [6, 6.07) is 5.70. The van der Waals surface area contributed by atoms with Gasteiger partial charge in [-0.1, -0.05) is 38.5 Å². The molecule has 0 amide bonds. The van der Waals surface area contributed by atoms with Crippen LogP contribution in [0.2, 0.25) is 0 Å². The van der Waals surface area contributed by atoms with Gasteiger partial charge in [-0.3, -0.25) is 0 Å². The summed E-state index contributed by atoms with van der Waals surface area (Å²) in [5, 5.41) is 3.20. The average Bonchev–Trinajstić information content (AvgIpc) is 2.24. The summed E-state index contributed by atoms with van der Waals surface area (Å²) < 4.78 is 13.9. The maximum Gasteiger partial charge on any atom is 0.130 e. The van der Waals surface area contributed by atoms with Crippen molar-refractivity contribution in [1.29, 1.82) is 0 Å². The highest BCUT2D eigenvalue weighted by molar-refractivity contribution is 5.27. The number of rotatable bonds is 4. The number of aryl methyl sites for hydroxylation is 1. The van der Waals surface area contributed by atoms with E-state index in [0.29, 0.717) is 5.92 Å². The van der Waals surface area contributed by atoms with Gasteiger partial charge in [-0.05, 0) is 25.5 Å². The van der Waals surface area contributed by atoms with Gasteiger partial charge in [0.15, 0.2) is 0 Å². The van der Waals surface area contributed by atoms with Gasteiger partial charge in [-0.25, -0.2) is 4.39 Å². The Balaban J connectivity index is 3.07. The van der Waals surface area contributed by atoms with Crippen LogP contribution in [-0.2, 0) is 0 Å². The van der Waals surface area contributed by atoms with Gasteiger partial charge in [0.05, 0.1) is 0 Å².